The largest absolute Gasteiger partial charge is 0.302 e. The van der Waals surface area contributed by atoms with E-state index in [1.165, 1.54) is 33.9 Å². The number of aromatic nitrogens is 4. The number of amides is 1. The van der Waals surface area contributed by atoms with E-state index in [1.807, 2.05) is 0 Å². The zero-order valence-electron chi connectivity index (χ0n) is 12.5. The summed E-state index contributed by atoms with van der Waals surface area (Å²) in [6.07, 6.45) is 3.00. The zero-order valence-corrected chi connectivity index (χ0v) is 14.0. The molecule has 0 spiro atoms. The Morgan fingerprint density at radius 2 is 2.08 bits per heavy atom. The fourth-order valence-corrected chi connectivity index (χ4v) is 2.60. The van der Waals surface area contributed by atoms with E-state index in [4.69, 9.17) is 23.2 Å². The van der Waals surface area contributed by atoms with Crippen LogP contribution in [-0.4, -0.2) is 25.5 Å². The van der Waals surface area contributed by atoms with Gasteiger partial charge in [0.1, 0.15) is 16.5 Å². The third-order valence-corrected chi connectivity index (χ3v) is 4.02. The maximum Gasteiger partial charge on any atom is 0.275 e. The topological polar surface area (TPSA) is 64.7 Å². The second-order valence-corrected chi connectivity index (χ2v) is 5.83. The van der Waals surface area contributed by atoms with E-state index in [0.717, 1.165) is 0 Å². The molecule has 6 nitrogen and oxygen atoms in total. The minimum atomic E-state index is -0.436. The molecule has 0 unspecified atom stereocenters. The van der Waals surface area contributed by atoms with Crippen LogP contribution in [0.25, 0.3) is 0 Å². The number of hydrogen-bond donors (Lipinski definition) is 1. The third kappa shape index (κ3) is 3.27. The lowest BCUT2D eigenvalue weighted by molar-refractivity contribution is 0.101. The summed E-state index contributed by atoms with van der Waals surface area (Å²) in [5, 5.41) is 11.2. The molecular weight excluding hydrogens is 356 g/mol. The fourth-order valence-electron chi connectivity index (χ4n) is 2.18. The van der Waals surface area contributed by atoms with Gasteiger partial charge in [-0.2, -0.15) is 10.2 Å². The number of hydrogen-bond acceptors (Lipinski definition) is 3. The standard InChI is InChI=1S/C15H12Cl2FN5O/c1-22-13(5-6-19-22)15(24)20-14-11(17)8-23(21-14)7-9-10(16)3-2-4-12(9)18/h2-6,8H,7H2,1H3,(H,20,21,24). The van der Waals surface area contributed by atoms with Gasteiger partial charge in [-0.1, -0.05) is 29.3 Å². The summed E-state index contributed by atoms with van der Waals surface area (Å²) in [4.78, 5) is 12.2. The van der Waals surface area contributed by atoms with E-state index in [-0.39, 0.29) is 17.4 Å². The van der Waals surface area contributed by atoms with Crippen molar-refractivity contribution in [1.82, 2.24) is 19.6 Å². The molecule has 1 aromatic carbocycles. The molecule has 0 atom stereocenters. The maximum absolute atomic E-state index is 13.8. The highest BCUT2D eigenvalue weighted by Crippen LogP contribution is 2.24. The predicted octanol–water partition coefficient (Wildman–Crippen LogP) is 3.36. The van der Waals surface area contributed by atoms with Crippen LogP contribution in [0.15, 0.2) is 36.7 Å². The molecule has 0 saturated heterocycles. The summed E-state index contributed by atoms with van der Waals surface area (Å²) in [5.74, 6) is -0.656. The van der Waals surface area contributed by atoms with Gasteiger partial charge >= 0.3 is 0 Å². The molecule has 0 fully saturated rings. The first-order valence-corrected chi connectivity index (χ1v) is 7.66. The van der Waals surface area contributed by atoms with E-state index < -0.39 is 11.7 Å². The molecule has 0 radical (unpaired) electrons. The van der Waals surface area contributed by atoms with Crippen LogP contribution in [0.5, 0.6) is 0 Å². The Balaban J connectivity index is 1.81. The van der Waals surface area contributed by atoms with Crippen LogP contribution in [0.4, 0.5) is 10.2 Å². The molecule has 9 heteroatoms. The number of benzene rings is 1. The Kier molecular flexibility index (Phi) is 4.55. The molecule has 0 aliphatic carbocycles. The van der Waals surface area contributed by atoms with E-state index in [2.05, 4.69) is 15.5 Å². The van der Waals surface area contributed by atoms with Crippen molar-refractivity contribution in [2.24, 2.45) is 7.05 Å². The second-order valence-electron chi connectivity index (χ2n) is 5.02. The molecule has 3 aromatic rings. The van der Waals surface area contributed by atoms with Crippen molar-refractivity contribution >= 4 is 34.9 Å². The van der Waals surface area contributed by atoms with E-state index >= 15 is 0 Å². The van der Waals surface area contributed by atoms with Crippen LogP contribution in [0.1, 0.15) is 16.1 Å². The van der Waals surface area contributed by atoms with Crippen molar-refractivity contribution in [2.45, 2.75) is 6.54 Å². The molecule has 24 heavy (non-hydrogen) atoms. The summed E-state index contributed by atoms with van der Waals surface area (Å²) in [7, 11) is 1.65. The monoisotopic (exact) mass is 367 g/mol. The van der Waals surface area contributed by atoms with Gasteiger partial charge in [0.2, 0.25) is 0 Å². The normalized spacial score (nSPS) is 10.8. The van der Waals surface area contributed by atoms with Crippen molar-refractivity contribution in [1.29, 1.82) is 0 Å². The van der Waals surface area contributed by atoms with E-state index in [0.29, 0.717) is 16.3 Å². The van der Waals surface area contributed by atoms with Gasteiger partial charge in [-0.05, 0) is 18.2 Å². The van der Waals surface area contributed by atoms with Crippen molar-refractivity contribution < 1.29 is 9.18 Å². The minimum absolute atomic E-state index is 0.0901. The average Bonchev–Trinajstić information content (AvgIpc) is 3.09. The van der Waals surface area contributed by atoms with Crippen LogP contribution in [0.2, 0.25) is 10.0 Å². The van der Waals surface area contributed by atoms with Gasteiger partial charge in [0.15, 0.2) is 5.82 Å². The molecule has 0 aliphatic rings. The Morgan fingerprint density at radius 3 is 2.75 bits per heavy atom. The fraction of sp³-hybridized carbons (Fsp3) is 0.133. The Bertz CT molecular complexity index is 885. The molecule has 3 rings (SSSR count). The Hall–Kier alpha value is -2.38. The van der Waals surface area contributed by atoms with Gasteiger partial charge in [-0.15, -0.1) is 0 Å². The van der Waals surface area contributed by atoms with Crippen molar-refractivity contribution in [3.8, 4) is 0 Å². The summed E-state index contributed by atoms with van der Waals surface area (Å²) in [5.41, 5.74) is 0.653. The zero-order chi connectivity index (χ0) is 17.3. The Morgan fingerprint density at radius 1 is 1.29 bits per heavy atom. The number of carbonyl (C=O) groups is 1. The molecule has 2 aromatic heterocycles. The predicted molar refractivity (Wildman–Crippen MR) is 88.9 cm³/mol. The molecule has 0 saturated carbocycles. The van der Waals surface area contributed by atoms with Crippen molar-refractivity contribution in [3.05, 3.63) is 63.8 Å². The van der Waals surface area contributed by atoms with Crippen LogP contribution < -0.4 is 5.32 Å². The first-order chi connectivity index (χ1) is 11.5. The number of rotatable bonds is 4. The van der Waals surface area contributed by atoms with Gasteiger partial charge < -0.3 is 5.32 Å². The molecule has 2 heterocycles. The molecule has 0 aliphatic heterocycles. The Labute approximate surface area is 146 Å². The maximum atomic E-state index is 13.8. The van der Waals surface area contributed by atoms with E-state index in [1.54, 1.807) is 19.2 Å². The van der Waals surface area contributed by atoms with E-state index in [9.17, 15) is 9.18 Å². The first kappa shape index (κ1) is 16.5. The highest BCUT2D eigenvalue weighted by molar-refractivity contribution is 6.33. The molecular formula is C15H12Cl2FN5O. The number of anilines is 1. The lowest BCUT2D eigenvalue weighted by Gasteiger charge is -2.06. The van der Waals surface area contributed by atoms with Gasteiger partial charge in [-0.3, -0.25) is 14.2 Å². The average molecular weight is 368 g/mol. The number of aryl methyl sites for hydroxylation is 1. The minimum Gasteiger partial charge on any atom is -0.302 e. The highest BCUT2D eigenvalue weighted by atomic mass is 35.5. The van der Waals surface area contributed by atoms with Crippen LogP contribution in [-0.2, 0) is 13.6 Å². The smallest absolute Gasteiger partial charge is 0.275 e. The number of nitrogens with one attached hydrogen (secondary N) is 1. The first-order valence-electron chi connectivity index (χ1n) is 6.91. The van der Waals surface area contributed by atoms with Gasteiger partial charge in [0.25, 0.3) is 5.91 Å². The van der Waals surface area contributed by atoms with Crippen LogP contribution >= 0.6 is 23.2 Å². The third-order valence-electron chi connectivity index (χ3n) is 3.38. The van der Waals surface area contributed by atoms with Crippen molar-refractivity contribution in [3.63, 3.8) is 0 Å². The number of carbonyl (C=O) groups excluding carboxylic acids is 1. The molecule has 1 amide bonds. The lowest BCUT2D eigenvalue weighted by Crippen LogP contribution is -2.17. The summed E-state index contributed by atoms with van der Waals surface area (Å²) >= 11 is 12.1. The van der Waals surface area contributed by atoms with Gasteiger partial charge in [-0.25, -0.2) is 4.39 Å². The quantitative estimate of drug-likeness (QED) is 0.768. The highest BCUT2D eigenvalue weighted by Gasteiger charge is 2.16. The molecule has 0 bridgehead atoms. The van der Waals surface area contributed by atoms with Crippen LogP contribution in [0, 0.1) is 5.82 Å². The lowest BCUT2D eigenvalue weighted by atomic mass is 10.2. The van der Waals surface area contributed by atoms with Crippen molar-refractivity contribution in [2.75, 3.05) is 5.32 Å². The summed E-state index contributed by atoms with van der Waals surface area (Å²) < 4.78 is 16.7. The SMILES string of the molecule is Cn1nccc1C(=O)Nc1nn(Cc2c(F)cccc2Cl)cc1Cl. The van der Waals surface area contributed by atoms with Gasteiger partial charge in [0, 0.05) is 30.0 Å². The summed E-state index contributed by atoms with van der Waals surface area (Å²) in [6.45, 7) is 0.0901. The van der Waals surface area contributed by atoms with Gasteiger partial charge in [0.05, 0.1) is 6.54 Å². The second kappa shape index (κ2) is 6.62. The molecule has 124 valence electrons. The summed E-state index contributed by atoms with van der Waals surface area (Å²) in [6, 6.07) is 6.00. The number of nitrogens with zero attached hydrogens (tertiary/aromatic N) is 4. The molecule has 1 N–H and O–H groups in total. The van der Waals surface area contributed by atoms with Crippen LogP contribution in [0.3, 0.4) is 0 Å². The number of halogens is 3.